The summed E-state index contributed by atoms with van der Waals surface area (Å²) in [5.74, 6) is 0.611. The molecule has 0 saturated heterocycles. The SMILES string of the molecule is COc1cccc(CCNS(=O)C(C)(C)C)n1. The fourth-order valence-corrected chi connectivity index (χ4v) is 1.92. The van der Waals surface area contributed by atoms with Gasteiger partial charge in [0.25, 0.3) is 0 Å². The molecule has 1 N–H and O–H groups in total. The van der Waals surface area contributed by atoms with Gasteiger partial charge in [-0.25, -0.2) is 13.9 Å². The fourth-order valence-electron chi connectivity index (χ4n) is 1.20. The molecule has 0 amide bonds. The highest BCUT2D eigenvalue weighted by Gasteiger charge is 2.18. The molecule has 0 aliphatic carbocycles. The Balaban J connectivity index is 2.43. The predicted molar refractivity (Wildman–Crippen MR) is 70.4 cm³/mol. The van der Waals surface area contributed by atoms with Crippen molar-refractivity contribution in [3.8, 4) is 5.88 Å². The van der Waals surface area contributed by atoms with Crippen LogP contribution >= 0.6 is 0 Å². The van der Waals surface area contributed by atoms with Gasteiger partial charge >= 0.3 is 0 Å². The van der Waals surface area contributed by atoms with Crippen LogP contribution in [0.25, 0.3) is 0 Å². The third kappa shape index (κ3) is 4.83. The van der Waals surface area contributed by atoms with E-state index in [1.54, 1.807) is 7.11 Å². The molecule has 0 aliphatic heterocycles. The van der Waals surface area contributed by atoms with Crippen molar-refractivity contribution in [2.75, 3.05) is 13.7 Å². The lowest BCUT2D eigenvalue weighted by Crippen LogP contribution is -2.34. The Hall–Kier alpha value is -0.940. The maximum Gasteiger partial charge on any atom is 0.213 e. The maximum absolute atomic E-state index is 11.7. The van der Waals surface area contributed by atoms with E-state index >= 15 is 0 Å². The van der Waals surface area contributed by atoms with Crippen LogP contribution in [-0.2, 0) is 17.4 Å². The molecule has 17 heavy (non-hydrogen) atoms. The normalized spacial score (nSPS) is 13.4. The fraction of sp³-hybridized carbons (Fsp3) is 0.583. The van der Waals surface area contributed by atoms with Gasteiger partial charge in [0.1, 0.15) is 0 Å². The third-order valence-electron chi connectivity index (χ3n) is 2.16. The van der Waals surface area contributed by atoms with E-state index in [9.17, 15) is 4.21 Å². The van der Waals surface area contributed by atoms with Crippen LogP contribution in [0.2, 0.25) is 0 Å². The molecular weight excluding hydrogens is 236 g/mol. The average Bonchev–Trinajstić information content (AvgIpc) is 2.28. The number of aromatic nitrogens is 1. The molecule has 96 valence electrons. The average molecular weight is 256 g/mol. The first-order valence-corrected chi connectivity index (χ1v) is 6.74. The van der Waals surface area contributed by atoms with Gasteiger partial charge in [0.15, 0.2) is 0 Å². The smallest absolute Gasteiger partial charge is 0.213 e. The van der Waals surface area contributed by atoms with Crippen molar-refractivity contribution in [1.29, 1.82) is 0 Å². The molecule has 0 aliphatic rings. The summed E-state index contributed by atoms with van der Waals surface area (Å²) < 4.78 is 19.5. The summed E-state index contributed by atoms with van der Waals surface area (Å²) in [6.45, 7) is 6.48. The highest BCUT2D eigenvalue weighted by molar-refractivity contribution is 7.84. The Morgan fingerprint density at radius 1 is 1.41 bits per heavy atom. The van der Waals surface area contributed by atoms with Crippen molar-refractivity contribution >= 4 is 11.0 Å². The molecule has 0 spiro atoms. The summed E-state index contributed by atoms with van der Waals surface area (Å²) >= 11 is 0. The molecule has 1 atom stereocenters. The number of rotatable bonds is 5. The first-order valence-electron chi connectivity index (χ1n) is 5.59. The van der Waals surface area contributed by atoms with Gasteiger partial charge in [0.05, 0.1) is 22.8 Å². The van der Waals surface area contributed by atoms with Crippen LogP contribution in [0.15, 0.2) is 18.2 Å². The second-order valence-corrected chi connectivity index (χ2v) is 6.75. The maximum atomic E-state index is 11.7. The summed E-state index contributed by atoms with van der Waals surface area (Å²) in [4.78, 5) is 4.29. The number of hydrogen-bond donors (Lipinski definition) is 1. The molecular formula is C12H20N2O2S. The van der Waals surface area contributed by atoms with Gasteiger partial charge in [-0.15, -0.1) is 0 Å². The minimum atomic E-state index is -1.03. The van der Waals surface area contributed by atoms with E-state index in [-0.39, 0.29) is 4.75 Å². The lowest BCUT2D eigenvalue weighted by molar-refractivity contribution is 0.396. The number of pyridine rings is 1. The largest absolute Gasteiger partial charge is 0.481 e. The Bertz CT molecular complexity index is 388. The number of hydrogen-bond acceptors (Lipinski definition) is 3. The first-order chi connectivity index (χ1) is 7.93. The van der Waals surface area contributed by atoms with Crippen molar-refractivity contribution in [1.82, 2.24) is 9.71 Å². The standard InChI is InChI=1S/C12H20N2O2S/c1-12(2,3)17(15)13-9-8-10-6-5-7-11(14-10)16-4/h5-7,13H,8-9H2,1-4H3. The van der Waals surface area contributed by atoms with Crippen molar-refractivity contribution in [2.45, 2.75) is 31.9 Å². The van der Waals surface area contributed by atoms with Crippen molar-refractivity contribution in [3.63, 3.8) is 0 Å². The summed E-state index contributed by atoms with van der Waals surface area (Å²) in [6, 6.07) is 5.65. The zero-order chi connectivity index (χ0) is 12.9. The van der Waals surface area contributed by atoms with E-state index in [4.69, 9.17) is 4.74 Å². The highest BCUT2D eigenvalue weighted by Crippen LogP contribution is 2.09. The Morgan fingerprint density at radius 3 is 2.71 bits per heavy atom. The van der Waals surface area contributed by atoms with Gasteiger partial charge in [-0.05, 0) is 26.8 Å². The molecule has 0 saturated carbocycles. The zero-order valence-electron chi connectivity index (χ0n) is 10.8. The minimum Gasteiger partial charge on any atom is -0.481 e. The second-order valence-electron chi connectivity index (χ2n) is 4.70. The minimum absolute atomic E-state index is 0.234. The van der Waals surface area contributed by atoms with Crippen molar-refractivity contribution in [3.05, 3.63) is 23.9 Å². The lowest BCUT2D eigenvalue weighted by Gasteiger charge is -2.17. The van der Waals surface area contributed by atoms with Crippen LogP contribution < -0.4 is 9.46 Å². The van der Waals surface area contributed by atoms with E-state index in [2.05, 4.69) is 9.71 Å². The quantitative estimate of drug-likeness (QED) is 0.872. The van der Waals surface area contributed by atoms with E-state index in [0.717, 1.165) is 12.1 Å². The molecule has 1 aromatic heterocycles. The monoisotopic (exact) mass is 256 g/mol. The van der Waals surface area contributed by atoms with E-state index < -0.39 is 11.0 Å². The topological polar surface area (TPSA) is 51.2 Å². The van der Waals surface area contributed by atoms with E-state index in [1.807, 2.05) is 39.0 Å². The van der Waals surface area contributed by atoms with Crippen LogP contribution in [0.5, 0.6) is 5.88 Å². The lowest BCUT2D eigenvalue weighted by atomic mass is 10.3. The number of nitrogens with one attached hydrogen (secondary N) is 1. The third-order valence-corrected chi connectivity index (χ3v) is 3.74. The van der Waals surface area contributed by atoms with Gasteiger partial charge in [0, 0.05) is 24.7 Å². The molecule has 1 heterocycles. The van der Waals surface area contributed by atoms with E-state index in [1.165, 1.54) is 0 Å². The number of ether oxygens (including phenoxy) is 1. The molecule has 4 nitrogen and oxygen atoms in total. The summed E-state index contributed by atoms with van der Waals surface area (Å²) in [5.41, 5.74) is 0.933. The molecule has 0 radical (unpaired) electrons. The Labute approximate surface area is 105 Å². The predicted octanol–water partition coefficient (Wildman–Crippen LogP) is 1.68. The molecule has 1 rings (SSSR count). The molecule has 0 aromatic carbocycles. The van der Waals surface area contributed by atoms with Crippen molar-refractivity contribution in [2.24, 2.45) is 0 Å². The number of methoxy groups -OCH3 is 1. The van der Waals surface area contributed by atoms with Crippen LogP contribution in [0.1, 0.15) is 26.5 Å². The van der Waals surface area contributed by atoms with Gasteiger partial charge < -0.3 is 4.74 Å². The second kappa shape index (κ2) is 6.12. The number of nitrogens with zero attached hydrogens (tertiary/aromatic N) is 1. The summed E-state index contributed by atoms with van der Waals surface area (Å²) in [6.07, 6.45) is 0.735. The van der Waals surface area contributed by atoms with Gasteiger partial charge in [0.2, 0.25) is 5.88 Å². The van der Waals surface area contributed by atoms with Crippen LogP contribution in [0, 0.1) is 0 Å². The molecule has 0 bridgehead atoms. The van der Waals surface area contributed by atoms with Crippen LogP contribution in [0.3, 0.4) is 0 Å². The van der Waals surface area contributed by atoms with Crippen molar-refractivity contribution < 1.29 is 8.95 Å². The first kappa shape index (κ1) is 14.1. The van der Waals surface area contributed by atoms with E-state index in [0.29, 0.717) is 12.4 Å². The Kier molecular flexibility index (Phi) is 5.08. The molecule has 1 aromatic rings. The molecule has 5 heteroatoms. The molecule has 1 unspecified atom stereocenters. The summed E-state index contributed by atoms with van der Waals surface area (Å²) in [5, 5.41) is 0. The van der Waals surface area contributed by atoms with Gasteiger partial charge in [-0.1, -0.05) is 6.07 Å². The highest BCUT2D eigenvalue weighted by atomic mass is 32.2. The zero-order valence-corrected chi connectivity index (χ0v) is 11.6. The van der Waals surface area contributed by atoms with Crippen LogP contribution in [0.4, 0.5) is 0 Å². The van der Waals surface area contributed by atoms with Gasteiger partial charge in [-0.2, -0.15) is 0 Å². The van der Waals surface area contributed by atoms with Crippen LogP contribution in [-0.4, -0.2) is 27.6 Å². The van der Waals surface area contributed by atoms with Gasteiger partial charge in [-0.3, -0.25) is 0 Å². The Morgan fingerprint density at radius 2 is 2.12 bits per heavy atom. The molecule has 0 fully saturated rings. The summed E-state index contributed by atoms with van der Waals surface area (Å²) in [7, 11) is 0.569.